The molecule has 7 nitrogen and oxygen atoms in total. The van der Waals surface area contributed by atoms with Crippen molar-refractivity contribution in [1.82, 2.24) is 9.84 Å². The van der Waals surface area contributed by atoms with E-state index in [0.717, 1.165) is 24.1 Å². The molecule has 8 heteroatoms. The molecule has 1 amide bonds. The summed E-state index contributed by atoms with van der Waals surface area (Å²) in [7, 11) is -3.62. The van der Waals surface area contributed by atoms with Crippen LogP contribution in [0.3, 0.4) is 0 Å². The van der Waals surface area contributed by atoms with E-state index >= 15 is 0 Å². The van der Waals surface area contributed by atoms with Crippen LogP contribution in [0.1, 0.15) is 25.3 Å². The minimum atomic E-state index is -3.62. The van der Waals surface area contributed by atoms with E-state index in [4.69, 9.17) is 4.74 Å². The van der Waals surface area contributed by atoms with E-state index in [2.05, 4.69) is 4.83 Å². The van der Waals surface area contributed by atoms with Crippen LogP contribution in [0.15, 0.2) is 23.1 Å². The Hall–Kier alpha value is -1.48. The molecule has 1 saturated heterocycles. The highest BCUT2D eigenvalue weighted by Gasteiger charge is 2.39. The molecule has 0 bridgehead atoms. The van der Waals surface area contributed by atoms with Gasteiger partial charge in [-0.05, 0) is 49.9 Å². The van der Waals surface area contributed by atoms with Crippen LogP contribution in [0.5, 0.6) is 0 Å². The fraction of sp³-hybridized carbons (Fsp3) is 0.588. The molecule has 1 atom stereocenters. The molecule has 25 heavy (non-hydrogen) atoms. The Bertz CT molecular complexity index is 785. The predicted octanol–water partition coefficient (Wildman–Crippen LogP) is 0.900. The predicted molar refractivity (Wildman–Crippen MR) is 92.5 cm³/mol. The molecule has 4 rings (SSSR count). The summed E-state index contributed by atoms with van der Waals surface area (Å²) in [5.74, 6) is 0.327. The maximum absolute atomic E-state index is 12.6. The van der Waals surface area contributed by atoms with Gasteiger partial charge < -0.3 is 9.64 Å². The van der Waals surface area contributed by atoms with Crippen LogP contribution in [0.25, 0.3) is 0 Å². The summed E-state index contributed by atoms with van der Waals surface area (Å²) in [6, 6.07) is 5.14. The first-order chi connectivity index (χ1) is 12.0. The van der Waals surface area contributed by atoms with Crippen molar-refractivity contribution >= 4 is 21.6 Å². The molecule has 0 aromatic heterocycles. The van der Waals surface area contributed by atoms with Gasteiger partial charge in [-0.1, -0.05) is 0 Å². The average Bonchev–Trinajstić information content (AvgIpc) is 3.37. The molecule has 136 valence electrons. The van der Waals surface area contributed by atoms with Crippen molar-refractivity contribution in [3.05, 3.63) is 23.8 Å². The first kappa shape index (κ1) is 17.0. The highest BCUT2D eigenvalue weighted by Crippen LogP contribution is 2.39. The molecule has 1 aliphatic carbocycles. The lowest BCUT2D eigenvalue weighted by Crippen LogP contribution is -2.48. The summed E-state index contributed by atoms with van der Waals surface area (Å²) in [5, 5.41) is 1.66. The van der Waals surface area contributed by atoms with E-state index in [1.807, 2.05) is 11.8 Å². The largest absolute Gasteiger partial charge is 0.379 e. The molecule has 1 saturated carbocycles. The lowest BCUT2D eigenvalue weighted by Gasteiger charge is -2.26. The summed E-state index contributed by atoms with van der Waals surface area (Å²) in [6.45, 7) is 4.11. The van der Waals surface area contributed by atoms with Crippen LogP contribution in [0, 0.1) is 5.92 Å². The number of hydrogen-bond donors (Lipinski definition) is 1. The summed E-state index contributed by atoms with van der Waals surface area (Å²) >= 11 is 0. The summed E-state index contributed by atoms with van der Waals surface area (Å²) in [5.41, 5.74) is 1.78. The Morgan fingerprint density at radius 1 is 1.24 bits per heavy atom. The fourth-order valence-corrected chi connectivity index (χ4v) is 4.69. The summed E-state index contributed by atoms with van der Waals surface area (Å²) < 4.78 is 30.5. The zero-order valence-corrected chi connectivity index (χ0v) is 15.1. The molecule has 0 spiro atoms. The van der Waals surface area contributed by atoms with E-state index in [1.54, 1.807) is 23.2 Å². The SMILES string of the molecule is CC1Cc2cc(S(=O)(=O)NN3CCOCC3)ccc2N1C(=O)C1CC1. The van der Waals surface area contributed by atoms with Gasteiger partial charge in [-0.25, -0.2) is 13.4 Å². The third-order valence-corrected chi connectivity index (χ3v) is 6.37. The number of sulfonamides is 1. The van der Waals surface area contributed by atoms with Gasteiger partial charge in [-0.3, -0.25) is 4.79 Å². The maximum Gasteiger partial charge on any atom is 0.253 e. The van der Waals surface area contributed by atoms with Crippen LogP contribution < -0.4 is 9.73 Å². The van der Waals surface area contributed by atoms with E-state index < -0.39 is 10.0 Å². The summed E-state index contributed by atoms with van der Waals surface area (Å²) in [4.78, 5) is 17.2. The number of anilines is 1. The van der Waals surface area contributed by atoms with E-state index in [-0.39, 0.29) is 22.8 Å². The number of carbonyl (C=O) groups is 1. The quantitative estimate of drug-likeness (QED) is 0.858. The van der Waals surface area contributed by atoms with E-state index in [1.165, 1.54) is 0 Å². The molecule has 2 heterocycles. The molecule has 2 fully saturated rings. The lowest BCUT2D eigenvalue weighted by molar-refractivity contribution is -0.120. The van der Waals surface area contributed by atoms with Crippen molar-refractivity contribution in [2.45, 2.75) is 37.1 Å². The molecule has 0 radical (unpaired) electrons. The Kier molecular flexibility index (Phi) is 4.31. The van der Waals surface area contributed by atoms with Gasteiger partial charge in [0.15, 0.2) is 0 Å². The molecule has 2 aliphatic heterocycles. The standard InChI is InChI=1S/C17H23N3O4S/c1-12-10-14-11-15(25(22,23)18-19-6-8-24-9-7-19)4-5-16(14)20(12)17(21)13-2-3-13/h4-5,11-13,18H,2-3,6-10H2,1H3. The normalized spacial score (nSPS) is 24.4. The molecule has 1 unspecified atom stereocenters. The molecule has 1 aromatic carbocycles. The Morgan fingerprint density at radius 2 is 1.96 bits per heavy atom. The zero-order valence-electron chi connectivity index (χ0n) is 14.3. The molecular formula is C17H23N3O4S. The van der Waals surface area contributed by atoms with Crippen molar-refractivity contribution < 1.29 is 17.9 Å². The second-order valence-corrected chi connectivity index (χ2v) is 8.68. The van der Waals surface area contributed by atoms with Crippen LogP contribution in [0.4, 0.5) is 5.69 Å². The topological polar surface area (TPSA) is 79.0 Å². The van der Waals surface area contributed by atoms with Crippen molar-refractivity contribution in [3.63, 3.8) is 0 Å². The number of nitrogens with zero attached hydrogens (tertiary/aromatic N) is 2. The van der Waals surface area contributed by atoms with Crippen molar-refractivity contribution in [2.75, 3.05) is 31.2 Å². The monoisotopic (exact) mass is 365 g/mol. The first-order valence-electron chi connectivity index (χ1n) is 8.77. The van der Waals surface area contributed by atoms with Crippen LogP contribution in [0.2, 0.25) is 0 Å². The third-order valence-electron chi connectivity index (χ3n) is 5.00. The van der Waals surface area contributed by atoms with Gasteiger partial charge in [-0.2, -0.15) is 0 Å². The van der Waals surface area contributed by atoms with E-state index in [9.17, 15) is 13.2 Å². The van der Waals surface area contributed by atoms with Crippen molar-refractivity contribution in [3.8, 4) is 0 Å². The van der Waals surface area contributed by atoms with Crippen molar-refractivity contribution in [1.29, 1.82) is 0 Å². The highest BCUT2D eigenvalue weighted by atomic mass is 32.2. The molecule has 3 aliphatic rings. The number of ether oxygens (including phenoxy) is 1. The smallest absolute Gasteiger partial charge is 0.253 e. The third kappa shape index (κ3) is 3.31. The number of rotatable bonds is 4. The first-order valence-corrected chi connectivity index (χ1v) is 10.3. The number of benzene rings is 1. The van der Waals surface area contributed by atoms with Gasteiger partial charge in [0.1, 0.15) is 0 Å². The zero-order chi connectivity index (χ0) is 17.6. The summed E-state index contributed by atoms with van der Waals surface area (Å²) in [6.07, 6.45) is 2.62. The number of nitrogens with one attached hydrogen (secondary N) is 1. The maximum atomic E-state index is 12.6. The Balaban J connectivity index is 1.57. The second kappa shape index (κ2) is 6.35. The molecule has 1 N–H and O–H groups in total. The van der Waals surface area contributed by atoms with Gasteiger partial charge in [0.2, 0.25) is 5.91 Å². The van der Waals surface area contributed by atoms with Crippen LogP contribution >= 0.6 is 0 Å². The van der Waals surface area contributed by atoms with Gasteiger partial charge in [0, 0.05) is 30.7 Å². The molecule has 1 aromatic rings. The lowest BCUT2D eigenvalue weighted by atomic mass is 10.1. The number of amides is 1. The number of hydrogen-bond acceptors (Lipinski definition) is 5. The number of hydrazine groups is 1. The van der Waals surface area contributed by atoms with Crippen LogP contribution in [-0.2, 0) is 26.0 Å². The average molecular weight is 365 g/mol. The van der Waals surface area contributed by atoms with Gasteiger partial charge in [-0.15, -0.1) is 4.83 Å². The van der Waals surface area contributed by atoms with Gasteiger partial charge in [0.25, 0.3) is 10.0 Å². The Labute approximate surface area is 148 Å². The second-order valence-electron chi connectivity index (χ2n) is 7.02. The van der Waals surface area contributed by atoms with Crippen LogP contribution in [-0.4, -0.2) is 51.7 Å². The number of carbonyl (C=O) groups excluding carboxylic acids is 1. The van der Waals surface area contributed by atoms with Gasteiger partial charge in [0.05, 0.1) is 18.1 Å². The minimum absolute atomic E-state index is 0.0771. The minimum Gasteiger partial charge on any atom is -0.379 e. The Morgan fingerprint density at radius 3 is 2.64 bits per heavy atom. The van der Waals surface area contributed by atoms with E-state index in [0.29, 0.717) is 32.7 Å². The highest BCUT2D eigenvalue weighted by molar-refractivity contribution is 7.89. The number of morpholine rings is 1. The number of fused-ring (bicyclic) bond motifs is 1. The van der Waals surface area contributed by atoms with Gasteiger partial charge >= 0.3 is 0 Å². The fourth-order valence-electron chi connectivity index (χ4n) is 3.51. The van der Waals surface area contributed by atoms with Crippen molar-refractivity contribution in [2.24, 2.45) is 5.92 Å². The molecular weight excluding hydrogens is 342 g/mol.